The van der Waals surface area contributed by atoms with Gasteiger partial charge >= 0.3 is 5.97 Å². The average molecular weight is 321 g/mol. The van der Waals surface area contributed by atoms with Crippen LogP contribution in [-0.4, -0.2) is 28.9 Å². The van der Waals surface area contributed by atoms with E-state index in [1.807, 2.05) is 0 Å². The normalized spacial score (nSPS) is 11.9. The second-order valence-corrected chi connectivity index (χ2v) is 4.61. The fourth-order valence-electron chi connectivity index (χ4n) is 1.48. The minimum atomic E-state index is -1.09. The lowest BCUT2D eigenvalue weighted by Gasteiger charge is -2.24. The fraction of sp³-hybridized carbons (Fsp3) is 0.273. The highest BCUT2D eigenvalue weighted by atomic mass is 79.9. The topological polar surface area (TPSA) is 57.6 Å². The van der Waals surface area contributed by atoms with Crippen molar-refractivity contribution in [3.8, 4) is 0 Å². The maximum Gasteiger partial charge on any atom is 0.331 e. The molecule has 0 fully saturated rings. The molecule has 1 atom stereocenters. The van der Waals surface area contributed by atoms with Crippen molar-refractivity contribution in [3.05, 3.63) is 33.3 Å². The van der Waals surface area contributed by atoms with Crippen LogP contribution in [0.3, 0.4) is 0 Å². The highest BCUT2D eigenvalue weighted by Crippen LogP contribution is 2.28. The summed E-state index contributed by atoms with van der Waals surface area (Å²) in [5.74, 6) is -1.09. The van der Waals surface area contributed by atoms with Gasteiger partial charge in [-0.1, -0.05) is 17.7 Å². The maximum absolute atomic E-state index is 11.2. The second kappa shape index (κ2) is 6.02. The van der Waals surface area contributed by atoms with Crippen LogP contribution >= 0.6 is 27.5 Å². The molecule has 0 aromatic heterocycles. The molecule has 1 rings (SSSR count). The Morgan fingerprint density at radius 2 is 2.29 bits per heavy atom. The number of carbonyl (C=O) groups is 2. The Kier molecular flexibility index (Phi) is 4.96. The van der Waals surface area contributed by atoms with Crippen molar-refractivity contribution in [2.45, 2.75) is 13.0 Å². The number of carbonyl (C=O) groups excluding carboxylic acids is 1. The minimum absolute atomic E-state index is 0.314. The number of likely N-dealkylation sites (N-methyl/N-ethyl adjacent to an activating group) is 1. The predicted molar refractivity (Wildman–Crippen MR) is 68.0 cm³/mol. The average Bonchev–Trinajstić information content (AvgIpc) is 2.29. The molecule has 1 aromatic rings. The molecule has 17 heavy (non-hydrogen) atoms. The molecule has 0 radical (unpaired) electrons. The van der Waals surface area contributed by atoms with Gasteiger partial charge in [0.15, 0.2) is 6.04 Å². The van der Waals surface area contributed by atoms with Crippen LogP contribution < -0.4 is 0 Å². The molecule has 1 unspecified atom stereocenters. The first-order valence-corrected chi connectivity index (χ1v) is 6.07. The van der Waals surface area contributed by atoms with Crippen molar-refractivity contribution in [1.29, 1.82) is 0 Å². The van der Waals surface area contributed by atoms with Gasteiger partial charge in [0.25, 0.3) is 0 Å². The third kappa shape index (κ3) is 3.20. The SMILES string of the molecule is CCN(C=O)C(C(=O)O)c1ccc(Br)c(Cl)c1. The van der Waals surface area contributed by atoms with Gasteiger partial charge in [0, 0.05) is 11.0 Å². The summed E-state index contributed by atoms with van der Waals surface area (Å²) >= 11 is 9.13. The number of aliphatic carboxylic acids is 1. The summed E-state index contributed by atoms with van der Waals surface area (Å²) in [7, 11) is 0. The smallest absolute Gasteiger partial charge is 0.331 e. The Morgan fingerprint density at radius 3 is 2.71 bits per heavy atom. The molecule has 1 amide bonds. The van der Waals surface area contributed by atoms with Gasteiger partial charge in [-0.05, 0) is 40.5 Å². The standard InChI is InChI=1S/C11H11BrClNO3/c1-2-14(6-15)10(11(16)17)7-3-4-8(12)9(13)5-7/h3-6,10H,2H2,1H3,(H,16,17). The highest BCUT2D eigenvalue weighted by Gasteiger charge is 2.25. The summed E-state index contributed by atoms with van der Waals surface area (Å²) in [6, 6.07) is 3.81. The molecule has 0 saturated heterocycles. The summed E-state index contributed by atoms with van der Waals surface area (Å²) in [6.07, 6.45) is 0.523. The van der Waals surface area contributed by atoms with Crippen LogP contribution in [0.1, 0.15) is 18.5 Å². The van der Waals surface area contributed by atoms with Crippen molar-refractivity contribution >= 4 is 39.9 Å². The van der Waals surface area contributed by atoms with Crippen LogP contribution in [0.2, 0.25) is 5.02 Å². The first kappa shape index (κ1) is 14.0. The van der Waals surface area contributed by atoms with Crippen molar-refractivity contribution < 1.29 is 14.7 Å². The number of carboxylic acid groups (broad SMARTS) is 1. The van der Waals surface area contributed by atoms with E-state index in [2.05, 4.69) is 15.9 Å². The zero-order valence-electron chi connectivity index (χ0n) is 9.06. The molecule has 0 bridgehead atoms. The van der Waals surface area contributed by atoms with E-state index in [0.29, 0.717) is 28.0 Å². The molecular weight excluding hydrogens is 309 g/mol. The van der Waals surface area contributed by atoms with Gasteiger partial charge in [0.2, 0.25) is 6.41 Å². The monoisotopic (exact) mass is 319 g/mol. The summed E-state index contributed by atoms with van der Waals surface area (Å²) in [6.45, 7) is 2.03. The largest absolute Gasteiger partial charge is 0.479 e. The van der Waals surface area contributed by atoms with E-state index >= 15 is 0 Å². The lowest BCUT2D eigenvalue weighted by Crippen LogP contribution is -2.32. The number of carboxylic acids is 1. The fourth-order valence-corrected chi connectivity index (χ4v) is 1.91. The Labute approximate surface area is 112 Å². The quantitative estimate of drug-likeness (QED) is 0.849. The van der Waals surface area contributed by atoms with Crippen LogP contribution in [0, 0.1) is 0 Å². The summed E-state index contributed by atoms with van der Waals surface area (Å²) < 4.78 is 0.682. The van der Waals surface area contributed by atoms with E-state index in [4.69, 9.17) is 16.7 Å². The van der Waals surface area contributed by atoms with Gasteiger partial charge in [-0.3, -0.25) is 4.79 Å². The Balaban J connectivity index is 3.18. The van der Waals surface area contributed by atoms with Crippen molar-refractivity contribution in [3.63, 3.8) is 0 Å². The zero-order valence-corrected chi connectivity index (χ0v) is 11.4. The third-order valence-electron chi connectivity index (χ3n) is 2.33. The first-order valence-electron chi connectivity index (χ1n) is 4.90. The number of amides is 1. The number of rotatable bonds is 5. The predicted octanol–water partition coefficient (Wildman–Crippen LogP) is 2.71. The molecule has 1 aromatic carbocycles. The van der Waals surface area contributed by atoms with Gasteiger partial charge in [-0.2, -0.15) is 0 Å². The first-order chi connectivity index (χ1) is 8.01. The van der Waals surface area contributed by atoms with E-state index < -0.39 is 12.0 Å². The molecule has 1 N–H and O–H groups in total. The molecule has 6 heteroatoms. The number of hydrogen-bond acceptors (Lipinski definition) is 2. The number of halogens is 2. The number of benzene rings is 1. The van der Waals surface area contributed by atoms with Gasteiger partial charge in [-0.25, -0.2) is 4.79 Å². The Bertz CT molecular complexity index is 439. The van der Waals surface area contributed by atoms with Gasteiger partial charge in [0.05, 0.1) is 5.02 Å². The van der Waals surface area contributed by atoms with E-state index in [1.54, 1.807) is 19.1 Å². The molecule has 0 saturated carbocycles. The molecule has 92 valence electrons. The molecular formula is C11H11BrClNO3. The number of hydrogen-bond donors (Lipinski definition) is 1. The van der Waals surface area contributed by atoms with Gasteiger partial charge in [0.1, 0.15) is 0 Å². The maximum atomic E-state index is 11.2. The molecule has 4 nitrogen and oxygen atoms in total. The third-order valence-corrected chi connectivity index (χ3v) is 3.56. The Morgan fingerprint density at radius 1 is 1.65 bits per heavy atom. The molecule has 0 aliphatic heterocycles. The van der Waals surface area contributed by atoms with E-state index in [1.165, 1.54) is 11.0 Å². The van der Waals surface area contributed by atoms with Crippen LogP contribution in [0.4, 0.5) is 0 Å². The van der Waals surface area contributed by atoms with E-state index in [-0.39, 0.29) is 0 Å². The van der Waals surface area contributed by atoms with Crippen LogP contribution in [-0.2, 0) is 9.59 Å². The highest BCUT2D eigenvalue weighted by molar-refractivity contribution is 9.10. The van der Waals surface area contributed by atoms with E-state index in [0.717, 1.165) is 0 Å². The summed E-state index contributed by atoms with van der Waals surface area (Å²) in [4.78, 5) is 23.2. The summed E-state index contributed by atoms with van der Waals surface area (Å²) in [5, 5.41) is 9.58. The second-order valence-electron chi connectivity index (χ2n) is 3.35. The van der Waals surface area contributed by atoms with Crippen LogP contribution in [0.15, 0.2) is 22.7 Å². The van der Waals surface area contributed by atoms with Crippen LogP contribution in [0.5, 0.6) is 0 Å². The Hall–Kier alpha value is -1.07. The zero-order chi connectivity index (χ0) is 13.0. The molecule has 0 spiro atoms. The van der Waals surface area contributed by atoms with Gasteiger partial charge < -0.3 is 10.0 Å². The minimum Gasteiger partial charge on any atom is -0.479 e. The number of nitrogens with zero attached hydrogens (tertiary/aromatic N) is 1. The van der Waals surface area contributed by atoms with Crippen molar-refractivity contribution in [2.75, 3.05) is 6.54 Å². The lowest BCUT2D eigenvalue weighted by atomic mass is 10.1. The van der Waals surface area contributed by atoms with E-state index in [9.17, 15) is 9.59 Å². The van der Waals surface area contributed by atoms with Gasteiger partial charge in [-0.15, -0.1) is 0 Å². The molecule has 0 heterocycles. The van der Waals surface area contributed by atoms with Crippen molar-refractivity contribution in [1.82, 2.24) is 4.90 Å². The molecule has 0 aliphatic rings. The van der Waals surface area contributed by atoms with Crippen molar-refractivity contribution in [2.24, 2.45) is 0 Å². The van der Waals surface area contributed by atoms with Crippen LogP contribution in [0.25, 0.3) is 0 Å². The summed E-state index contributed by atoms with van der Waals surface area (Å²) in [5.41, 5.74) is 0.472. The lowest BCUT2D eigenvalue weighted by molar-refractivity contribution is -0.146. The molecule has 0 aliphatic carbocycles.